The number of amides is 1. The molecule has 4 heteroatoms. The Balaban J connectivity index is 2.10. The summed E-state index contributed by atoms with van der Waals surface area (Å²) < 4.78 is 0. The van der Waals surface area contributed by atoms with Crippen molar-refractivity contribution in [1.82, 2.24) is 5.32 Å². The molecule has 0 bridgehead atoms. The maximum atomic E-state index is 12.0. The van der Waals surface area contributed by atoms with E-state index in [1.807, 2.05) is 6.92 Å². The first-order chi connectivity index (χ1) is 8.08. The summed E-state index contributed by atoms with van der Waals surface area (Å²) in [4.78, 5) is 12.0. The van der Waals surface area contributed by atoms with E-state index in [-0.39, 0.29) is 17.7 Å². The highest BCUT2D eigenvalue weighted by Gasteiger charge is 2.29. The Morgan fingerprint density at radius 2 is 2.29 bits per heavy atom. The van der Waals surface area contributed by atoms with Crippen LogP contribution in [-0.4, -0.2) is 23.6 Å². The molecular weight excluding hydrogens is 216 g/mol. The Hall–Kier alpha value is -1.55. The summed E-state index contributed by atoms with van der Waals surface area (Å²) in [6, 6.07) is 5.01. The van der Waals surface area contributed by atoms with Crippen molar-refractivity contribution in [2.75, 3.05) is 11.9 Å². The second-order valence-corrected chi connectivity index (χ2v) is 4.71. The Kier molecular flexibility index (Phi) is 3.33. The van der Waals surface area contributed by atoms with Crippen LogP contribution < -0.4 is 10.6 Å². The molecule has 1 fully saturated rings. The first-order valence-electron chi connectivity index (χ1n) is 5.92. The lowest BCUT2D eigenvalue weighted by Crippen LogP contribution is -2.39. The maximum Gasteiger partial charge on any atom is 0.241 e. The highest BCUT2D eigenvalue weighted by molar-refractivity contribution is 5.96. The van der Waals surface area contributed by atoms with Gasteiger partial charge in [-0.3, -0.25) is 4.79 Å². The number of aryl methyl sites for hydroxylation is 1. The zero-order valence-electron chi connectivity index (χ0n) is 10.2. The van der Waals surface area contributed by atoms with Crippen LogP contribution in [0.15, 0.2) is 18.2 Å². The molecule has 2 rings (SSSR count). The highest BCUT2D eigenvalue weighted by atomic mass is 16.3. The van der Waals surface area contributed by atoms with E-state index in [4.69, 9.17) is 0 Å². The topological polar surface area (TPSA) is 61.4 Å². The molecule has 3 N–H and O–H groups in total. The lowest BCUT2D eigenvalue weighted by Gasteiger charge is -2.16. The molecule has 0 aliphatic carbocycles. The van der Waals surface area contributed by atoms with Crippen LogP contribution in [0.1, 0.15) is 18.9 Å². The second-order valence-electron chi connectivity index (χ2n) is 4.71. The van der Waals surface area contributed by atoms with Crippen molar-refractivity contribution < 1.29 is 9.90 Å². The number of nitrogens with one attached hydrogen (secondary N) is 2. The van der Waals surface area contributed by atoms with E-state index in [9.17, 15) is 9.90 Å². The number of hydrogen-bond acceptors (Lipinski definition) is 3. The number of hydrogen-bond donors (Lipinski definition) is 3. The summed E-state index contributed by atoms with van der Waals surface area (Å²) in [6.45, 7) is 4.85. The van der Waals surface area contributed by atoms with Crippen LogP contribution in [0.5, 0.6) is 5.75 Å². The number of rotatable bonds is 2. The van der Waals surface area contributed by atoms with Gasteiger partial charge in [0.25, 0.3) is 0 Å². The molecule has 1 aliphatic rings. The van der Waals surface area contributed by atoms with Crippen LogP contribution in [0.4, 0.5) is 5.69 Å². The molecule has 17 heavy (non-hydrogen) atoms. The van der Waals surface area contributed by atoms with E-state index < -0.39 is 0 Å². The van der Waals surface area contributed by atoms with Gasteiger partial charge in [0.05, 0.1) is 11.7 Å². The molecule has 1 heterocycles. The standard InChI is InChI=1S/C13H18N2O2/c1-8-3-4-11(16)10(7-8)15-13(17)12-9(2)5-6-14-12/h3-4,7,9,12,14,16H,5-6H2,1-2H3,(H,15,17). The quantitative estimate of drug-likeness (QED) is 0.682. The van der Waals surface area contributed by atoms with Gasteiger partial charge in [-0.25, -0.2) is 0 Å². The minimum Gasteiger partial charge on any atom is -0.506 e. The third-order valence-corrected chi connectivity index (χ3v) is 3.23. The van der Waals surface area contributed by atoms with E-state index in [1.54, 1.807) is 18.2 Å². The summed E-state index contributed by atoms with van der Waals surface area (Å²) in [5.41, 5.74) is 1.49. The van der Waals surface area contributed by atoms with Gasteiger partial charge in [0.1, 0.15) is 5.75 Å². The summed E-state index contributed by atoms with van der Waals surface area (Å²) in [6.07, 6.45) is 1.01. The maximum absolute atomic E-state index is 12.0. The normalized spacial score (nSPS) is 23.6. The summed E-state index contributed by atoms with van der Waals surface area (Å²) >= 11 is 0. The molecule has 0 aromatic heterocycles. The number of benzene rings is 1. The molecule has 1 amide bonds. The van der Waals surface area contributed by atoms with Gasteiger partial charge in [-0.15, -0.1) is 0 Å². The van der Waals surface area contributed by atoms with E-state index >= 15 is 0 Å². The Bertz CT molecular complexity index is 431. The number of phenolic OH excluding ortho intramolecular Hbond substituents is 1. The molecule has 0 spiro atoms. The summed E-state index contributed by atoms with van der Waals surface area (Å²) in [5, 5.41) is 15.6. The SMILES string of the molecule is Cc1ccc(O)c(NC(=O)C2NCCC2C)c1. The van der Waals surface area contributed by atoms with Crippen molar-refractivity contribution in [2.45, 2.75) is 26.3 Å². The molecule has 1 aromatic rings. The van der Waals surface area contributed by atoms with Crippen LogP contribution in [0.3, 0.4) is 0 Å². The van der Waals surface area contributed by atoms with Gasteiger partial charge in [0, 0.05) is 0 Å². The number of carbonyl (C=O) groups is 1. The van der Waals surface area contributed by atoms with Crippen molar-refractivity contribution in [3.05, 3.63) is 23.8 Å². The van der Waals surface area contributed by atoms with Gasteiger partial charge < -0.3 is 15.7 Å². The first-order valence-corrected chi connectivity index (χ1v) is 5.92. The van der Waals surface area contributed by atoms with Crippen LogP contribution in [-0.2, 0) is 4.79 Å². The van der Waals surface area contributed by atoms with Crippen LogP contribution >= 0.6 is 0 Å². The van der Waals surface area contributed by atoms with E-state index in [0.29, 0.717) is 11.6 Å². The molecule has 1 aliphatic heterocycles. The molecule has 1 aromatic carbocycles. The molecule has 2 unspecified atom stereocenters. The Morgan fingerprint density at radius 3 is 2.94 bits per heavy atom. The van der Waals surface area contributed by atoms with Gasteiger partial charge in [-0.05, 0) is 43.5 Å². The van der Waals surface area contributed by atoms with Crippen LogP contribution in [0.2, 0.25) is 0 Å². The average Bonchev–Trinajstić information content (AvgIpc) is 2.70. The second kappa shape index (κ2) is 4.75. The summed E-state index contributed by atoms with van der Waals surface area (Å²) in [5.74, 6) is 0.368. The Labute approximate surface area is 101 Å². The monoisotopic (exact) mass is 234 g/mol. The van der Waals surface area contributed by atoms with Crippen molar-refractivity contribution in [3.8, 4) is 5.75 Å². The van der Waals surface area contributed by atoms with Crippen LogP contribution in [0, 0.1) is 12.8 Å². The summed E-state index contributed by atoms with van der Waals surface area (Å²) in [7, 11) is 0. The molecule has 4 nitrogen and oxygen atoms in total. The number of aromatic hydroxyl groups is 1. The molecular formula is C13H18N2O2. The smallest absolute Gasteiger partial charge is 0.241 e. The van der Waals surface area contributed by atoms with Gasteiger partial charge in [0.2, 0.25) is 5.91 Å². The first kappa shape index (κ1) is 11.9. The van der Waals surface area contributed by atoms with Crippen molar-refractivity contribution in [2.24, 2.45) is 5.92 Å². The van der Waals surface area contributed by atoms with E-state index in [1.165, 1.54) is 0 Å². The van der Waals surface area contributed by atoms with Crippen molar-refractivity contribution in [3.63, 3.8) is 0 Å². The number of phenols is 1. The average molecular weight is 234 g/mol. The fourth-order valence-corrected chi connectivity index (χ4v) is 2.15. The van der Waals surface area contributed by atoms with Crippen molar-refractivity contribution in [1.29, 1.82) is 0 Å². The molecule has 1 saturated heterocycles. The zero-order valence-corrected chi connectivity index (χ0v) is 10.2. The predicted molar refractivity (Wildman–Crippen MR) is 67.0 cm³/mol. The molecule has 0 radical (unpaired) electrons. The van der Waals surface area contributed by atoms with E-state index in [2.05, 4.69) is 17.6 Å². The number of carbonyl (C=O) groups excluding carboxylic acids is 1. The Morgan fingerprint density at radius 1 is 1.53 bits per heavy atom. The molecule has 92 valence electrons. The predicted octanol–water partition coefficient (Wildman–Crippen LogP) is 1.64. The van der Waals surface area contributed by atoms with Crippen molar-refractivity contribution >= 4 is 11.6 Å². The minimum absolute atomic E-state index is 0.0732. The fourth-order valence-electron chi connectivity index (χ4n) is 2.15. The highest BCUT2D eigenvalue weighted by Crippen LogP contribution is 2.25. The van der Waals surface area contributed by atoms with Gasteiger partial charge in [0.15, 0.2) is 0 Å². The fraction of sp³-hybridized carbons (Fsp3) is 0.462. The number of anilines is 1. The third kappa shape index (κ3) is 2.58. The zero-order chi connectivity index (χ0) is 12.4. The van der Waals surface area contributed by atoms with Gasteiger partial charge >= 0.3 is 0 Å². The molecule has 2 atom stereocenters. The third-order valence-electron chi connectivity index (χ3n) is 3.23. The molecule has 0 saturated carbocycles. The van der Waals surface area contributed by atoms with Crippen LogP contribution in [0.25, 0.3) is 0 Å². The van der Waals surface area contributed by atoms with E-state index in [0.717, 1.165) is 18.5 Å². The lowest BCUT2D eigenvalue weighted by atomic mass is 10.0. The largest absolute Gasteiger partial charge is 0.506 e. The minimum atomic E-state index is -0.157. The lowest BCUT2D eigenvalue weighted by molar-refractivity contribution is -0.118. The van der Waals surface area contributed by atoms with Gasteiger partial charge in [-0.1, -0.05) is 13.0 Å². The van der Waals surface area contributed by atoms with Gasteiger partial charge in [-0.2, -0.15) is 0 Å².